The quantitative estimate of drug-likeness (QED) is 0.830. The van der Waals surface area contributed by atoms with Crippen LogP contribution in [0.3, 0.4) is 0 Å². The minimum Gasteiger partial charge on any atom is -0.396 e. The molecule has 0 saturated carbocycles. The van der Waals surface area contributed by atoms with Gasteiger partial charge >= 0.3 is 0 Å². The van der Waals surface area contributed by atoms with Crippen LogP contribution in [0.4, 0.5) is 0 Å². The molecule has 0 saturated heterocycles. The second-order valence-electron chi connectivity index (χ2n) is 3.71. The van der Waals surface area contributed by atoms with Crippen LogP contribution in [0.15, 0.2) is 35.2 Å². The fourth-order valence-corrected chi connectivity index (χ4v) is 3.08. The fraction of sp³-hybridized carbons (Fsp3) is 0.455. The third-order valence-corrected chi connectivity index (χ3v) is 4.23. The van der Waals surface area contributed by atoms with E-state index in [2.05, 4.69) is 0 Å². The lowest BCUT2D eigenvalue weighted by Gasteiger charge is -2.10. The number of rotatable bonds is 5. The first-order chi connectivity index (χ1) is 7.06. The zero-order valence-electron chi connectivity index (χ0n) is 8.76. The van der Waals surface area contributed by atoms with Crippen LogP contribution in [-0.4, -0.2) is 25.9 Å². The molecular weight excluding hydrogens is 212 g/mol. The van der Waals surface area contributed by atoms with Gasteiger partial charge in [-0.3, -0.25) is 0 Å². The van der Waals surface area contributed by atoms with Gasteiger partial charge in [-0.2, -0.15) is 0 Å². The molecule has 1 atom stereocenters. The van der Waals surface area contributed by atoms with Crippen molar-refractivity contribution in [3.05, 3.63) is 30.3 Å². The predicted octanol–water partition coefficient (Wildman–Crippen LogP) is 1.48. The number of hydrogen-bond acceptors (Lipinski definition) is 3. The van der Waals surface area contributed by atoms with E-state index in [1.807, 2.05) is 6.92 Å². The molecule has 1 aromatic rings. The summed E-state index contributed by atoms with van der Waals surface area (Å²) in [7, 11) is -3.19. The van der Waals surface area contributed by atoms with Gasteiger partial charge in [0.2, 0.25) is 0 Å². The lowest BCUT2D eigenvalue weighted by molar-refractivity contribution is 0.268. The van der Waals surface area contributed by atoms with Crippen LogP contribution in [0.25, 0.3) is 0 Å². The molecule has 3 nitrogen and oxygen atoms in total. The molecule has 15 heavy (non-hydrogen) atoms. The summed E-state index contributed by atoms with van der Waals surface area (Å²) in [5.41, 5.74) is 0. The summed E-state index contributed by atoms with van der Waals surface area (Å²) in [6, 6.07) is 8.41. The highest BCUT2D eigenvalue weighted by Gasteiger charge is 2.17. The topological polar surface area (TPSA) is 54.4 Å². The van der Waals surface area contributed by atoms with Crippen LogP contribution in [0.5, 0.6) is 0 Å². The molecule has 1 aromatic carbocycles. The van der Waals surface area contributed by atoms with Crippen molar-refractivity contribution in [3.8, 4) is 0 Å². The molecule has 0 amide bonds. The maximum Gasteiger partial charge on any atom is 0.178 e. The zero-order valence-corrected chi connectivity index (χ0v) is 9.57. The van der Waals surface area contributed by atoms with Gasteiger partial charge in [-0.05, 0) is 24.5 Å². The standard InChI is InChI=1S/C11H16O3S/c1-10(7-8-12)9-15(13,14)11-5-3-2-4-6-11/h2-6,10,12H,7-9H2,1H3/t10-/m0/s1. The van der Waals surface area contributed by atoms with Crippen molar-refractivity contribution in [2.24, 2.45) is 5.92 Å². The van der Waals surface area contributed by atoms with E-state index >= 15 is 0 Å². The van der Waals surface area contributed by atoms with Crippen LogP contribution in [0.1, 0.15) is 13.3 Å². The van der Waals surface area contributed by atoms with Gasteiger partial charge in [-0.1, -0.05) is 25.1 Å². The zero-order chi connectivity index (χ0) is 11.3. The van der Waals surface area contributed by atoms with Crippen molar-refractivity contribution < 1.29 is 13.5 Å². The average molecular weight is 228 g/mol. The molecule has 0 radical (unpaired) electrons. The number of sulfone groups is 1. The van der Waals surface area contributed by atoms with Crippen LogP contribution < -0.4 is 0 Å². The van der Waals surface area contributed by atoms with Gasteiger partial charge in [0.15, 0.2) is 9.84 Å². The molecule has 0 aliphatic heterocycles. The Morgan fingerprint density at radius 3 is 2.40 bits per heavy atom. The molecule has 0 bridgehead atoms. The van der Waals surface area contributed by atoms with Gasteiger partial charge in [0, 0.05) is 6.61 Å². The molecule has 1 rings (SSSR count). The maximum atomic E-state index is 11.8. The smallest absolute Gasteiger partial charge is 0.178 e. The first-order valence-electron chi connectivity index (χ1n) is 4.95. The number of aliphatic hydroxyl groups excluding tert-OH is 1. The summed E-state index contributed by atoms with van der Waals surface area (Å²) in [6.45, 7) is 1.86. The normalized spacial score (nSPS) is 13.7. The largest absolute Gasteiger partial charge is 0.396 e. The van der Waals surface area contributed by atoms with Crippen molar-refractivity contribution in [3.63, 3.8) is 0 Å². The van der Waals surface area contributed by atoms with Gasteiger partial charge in [0.25, 0.3) is 0 Å². The Bertz CT molecular complexity index is 384. The van der Waals surface area contributed by atoms with Gasteiger partial charge in [-0.15, -0.1) is 0 Å². The number of aliphatic hydroxyl groups is 1. The van der Waals surface area contributed by atoms with E-state index in [1.54, 1.807) is 30.3 Å². The maximum absolute atomic E-state index is 11.8. The molecule has 84 valence electrons. The first-order valence-corrected chi connectivity index (χ1v) is 6.60. The molecular formula is C11H16O3S. The van der Waals surface area contributed by atoms with E-state index in [4.69, 9.17) is 5.11 Å². The monoisotopic (exact) mass is 228 g/mol. The highest BCUT2D eigenvalue weighted by Crippen LogP contribution is 2.15. The molecule has 0 unspecified atom stereocenters. The number of benzene rings is 1. The Labute approximate surface area is 90.7 Å². The van der Waals surface area contributed by atoms with E-state index in [1.165, 1.54) is 0 Å². The van der Waals surface area contributed by atoms with Crippen molar-refractivity contribution >= 4 is 9.84 Å². The van der Waals surface area contributed by atoms with Crippen molar-refractivity contribution in [2.45, 2.75) is 18.2 Å². The van der Waals surface area contributed by atoms with E-state index < -0.39 is 9.84 Å². The molecule has 0 aromatic heterocycles. The Morgan fingerprint density at radius 2 is 1.87 bits per heavy atom. The minimum absolute atomic E-state index is 0.0137. The lowest BCUT2D eigenvalue weighted by Crippen LogP contribution is -2.15. The molecule has 0 fully saturated rings. The molecule has 4 heteroatoms. The van der Waals surface area contributed by atoms with E-state index in [0.29, 0.717) is 11.3 Å². The van der Waals surface area contributed by atoms with Crippen LogP contribution in [0, 0.1) is 5.92 Å². The first kappa shape index (κ1) is 12.2. The predicted molar refractivity (Wildman–Crippen MR) is 59.4 cm³/mol. The van der Waals surface area contributed by atoms with Gasteiger partial charge in [0.1, 0.15) is 0 Å². The minimum atomic E-state index is -3.19. The Morgan fingerprint density at radius 1 is 1.27 bits per heavy atom. The molecule has 0 aliphatic carbocycles. The van der Waals surface area contributed by atoms with Gasteiger partial charge in [-0.25, -0.2) is 8.42 Å². The average Bonchev–Trinajstić information content (AvgIpc) is 2.18. The third-order valence-electron chi connectivity index (χ3n) is 2.23. The molecule has 0 spiro atoms. The summed E-state index contributed by atoms with van der Waals surface area (Å²) in [4.78, 5) is 0.356. The summed E-state index contributed by atoms with van der Waals surface area (Å²) in [5.74, 6) is 0.0811. The van der Waals surface area contributed by atoms with Crippen molar-refractivity contribution in [1.82, 2.24) is 0 Å². The highest BCUT2D eigenvalue weighted by atomic mass is 32.2. The highest BCUT2D eigenvalue weighted by molar-refractivity contribution is 7.91. The van der Waals surface area contributed by atoms with Crippen molar-refractivity contribution in [1.29, 1.82) is 0 Å². The van der Waals surface area contributed by atoms with Gasteiger partial charge < -0.3 is 5.11 Å². The Kier molecular flexibility index (Phi) is 4.29. The third kappa shape index (κ3) is 3.64. The van der Waals surface area contributed by atoms with Crippen LogP contribution >= 0.6 is 0 Å². The van der Waals surface area contributed by atoms with E-state index in [-0.39, 0.29) is 18.3 Å². The molecule has 0 heterocycles. The van der Waals surface area contributed by atoms with E-state index in [9.17, 15) is 8.42 Å². The summed E-state index contributed by atoms with van der Waals surface area (Å²) >= 11 is 0. The fourth-order valence-electron chi connectivity index (χ4n) is 1.40. The SMILES string of the molecule is C[C@@H](CCO)CS(=O)(=O)c1ccccc1. The second-order valence-corrected chi connectivity index (χ2v) is 5.75. The van der Waals surface area contributed by atoms with Gasteiger partial charge in [0.05, 0.1) is 10.6 Å². The van der Waals surface area contributed by atoms with Crippen LogP contribution in [-0.2, 0) is 9.84 Å². The Hall–Kier alpha value is -0.870. The second kappa shape index (κ2) is 5.28. The lowest BCUT2D eigenvalue weighted by atomic mass is 10.1. The Balaban J connectivity index is 2.77. The summed E-state index contributed by atoms with van der Waals surface area (Å²) in [6.07, 6.45) is 0.520. The summed E-state index contributed by atoms with van der Waals surface area (Å²) in [5, 5.41) is 8.71. The molecule has 0 aliphatic rings. The number of hydrogen-bond donors (Lipinski definition) is 1. The molecule has 1 N–H and O–H groups in total. The van der Waals surface area contributed by atoms with E-state index in [0.717, 1.165) is 0 Å². The van der Waals surface area contributed by atoms with Crippen molar-refractivity contribution in [2.75, 3.05) is 12.4 Å². The summed E-state index contributed by atoms with van der Waals surface area (Å²) < 4.78 is 23.7. The van der Waals surface area contributed by atoms with Crippen LogP contribution in [0.2, 0.25) is 0 Å².